The molecule has 0 unspecified atom stereocenters. The van der Waals surface area contributed by atoms with E-state index in [4.69, 9.17) is 9.47 Å². The highest BCUT2D eigenvalue weighted by molar-refractivity contribution is 5.94. The predicted octanol–water partition coefficient (Wildman–Crippen LogP) is 2.85. The van der Waals surface area contributed by atoms with Crippen molar-refractivity contribution in [2.45, 2.75) is 31.9 Å². The second-order valence-corrected chi connectivity index (χ2v) is 6.46. The highest BCUT2D eigenvalue weighted by Crippen LogP contribution is 2.30. The van der Waals surface area contributed by atoms with Crippen LogP contribution in [0.2, 0.25) is 0 Å². The molecule has 1 aromatic rings. The molecule has 2 heterocycles. The zero-order valence-electron chi connectivity index (χ0n) is 14.0. The first-order chi connectivity index (χ1) is 12.1. The standard InChI is InChI=1S/C18H23F2NO4/c19-18(20)25-14-3-1-2-13(10-14)17(22)21-16-6-9-24-11-15(16)12-4-7-23-8-5-12/h1-3,10,12,15-16,18H,4-9,11H2,(H,21,22)/t15-,16-/m1/s1. The molecule has 0 aliphatic carbocycles. The van der Waals surface area contributed by atoms with Gasteiger partial charge in [-0.25, -0.2) is 0 Å². The smallest absolute Gasteiger partial charge is 0.387 e. The van der Waals surface area contributed by atoms with Crippen molar-refractivity contribution in [1.82, 2.24) is 5.32 Å². The lowest BCUT2D eigenvalue weighted by atomic mass is 9.79. The summed E-state index contributed by atoms with van der Waals surface area (Å²) in [5, 5.41) is 3.06. The number of alkyl halides is 2. The zero-order valence-corrected chi connectivity index (χ0v) is 14.0. The predicted molar refractivity (Wildman–Crippen MR) is 86.8 cm³/mol. The Morgan fingerprint density at radius 1 is 1.16 bits per heavy atom. The van der Waals surface area contributed by atoms with Crippen LogP contribution in [-0.4, -0.2) is 45.0 Å². The van der Waals surface area contributed by atoms with E-state index in [2.05, 4.69) is 10.1 Å². The first-order valence-electron chi connectivity index (χ1n) is 8.64. The molecular formula is C18H23F2NO4. The monoisotopic (exact) mass is 355 g/mol. The number of benzene rings is 1. The lowest BCUT2D eigenvalue weighted by molar-refractivity contribution is -0.0499. The fourth-order valence-electron chi connectivity index (χ4n) is 3.61. The first-order valence-corrected chi connectivity index (χ1v) is 8.64. The van der Waals surface area contributed by atoms with Crippen LogP contribution in [0, 0.1) is 11.8 Å². The van der Waals surface area contributed by atoms with Crippen molar-refractivity contribution in [2.75, 3.05) is 26.4 Å². The minimum atomic E-state index is -2.91. The summed E-state index contributed by atoms with van der Waals surface area (Å²) in [5.41, 5.74) is 0.315. The summed E-state index contributed by atoms with van der Waals surface area (Å²) in [5.74, 6) is 0.425. The molecule has 0 saturated carbocycles. The maximum absolute atomic E-state index is 12.6. The molecule has 0 aromatic heterocycles. The number of carbonyl (C=O) groups excluding carboxylic acids is 1. The molecule has 5 nitrogen and oxygen atoms in total. The van der Waals surface area contributed by atoms with Gasteiger partial charge in [0.15, 0.2) is 0 Å². The van der Waals surface area contributed by atoms with Crippen LogP contribution in [0.25, 0.3) is 0 Å². The van der Waals surface area contributed by atoms with Gasteiger partial charge >= 0.3 is 6.61 Å². The van der Waals surface area contributed by atoms with Crippen LogP contribution in [0.3, 0.4) is 0 Å². The minimum absolute atomic E-state index is 0.0176. The third-order valence-electron chi connectivity index (χ3n) is 4.91. The molecular weight excluding hydrogens is 332 g/mol. The van der Waals surface area contributed by atoms with Crippen LogP contribution in [0.5, 0.6) is 5.75 Å². The largest absolute Gasteiger partial charge is 0.435 e. The van der Waals surface area contributed by atoms with Gasteiger partial charge in [-0.1, -0.05) is 6.07 Å². The molecule has 1 N–H and O–H groups in total. The normalized spacial score (nSPS) is 24.9. The fraction of sp³-hybridized carbons (Fsp3) is 0.611. The first kappa shape index (κ1) is 18.1. The Bertz CT molecular complexity index is 578. The van der Waals surface area contributed by atoms with Gasteiger partial charge < -0.3 is 19.5 Å². The summed E-state index contributed by atoms with van der Waals surface area (Å²) in [7, 11) is 0. The number of hydrogen-bond donors (Lipinski definition) is 1. The maximum atomic E-state index is 12.6. The Morgan fingerprint density at radius 3 is 2.68 bits per heavy atom. The van der Waals surface area contributed by atoms with Crippen molar-refractivity contribution < 1.29 is 27.8 Å². The van der Waals surface area contributed by atoms with Crippen molar-refractivity contribution >= 4 is 5.91 Å². The summed E-state index contributed by atoms with van der Waals surface area (Å²) < 4.78 is 40.1. The van der Waals surface area contributed by atoms with E-state index >= 15 is 0 Å². The summed E-state index contributed by atoms with van der Waals surface area (Å²) in [4.78, 5) is 12.6. The third kappa shape index (κ3) is 4.89. The number of carbonyl (C=O) groups is 1. The van der Waals surface area contributed by atoms with E-state index in [1.807, 2.05) is 0 Å². The zero-order chi connectivity index (χ0) is 17.6. The number of hydrogen-bond acceptors (Lipinski definition) is 4. The van der Waals surface area contributed by atoms with Gasteiger partial charge in [0.25, 0.3) is 5.91 Å². The van der Waals surface area contributed by atoms with Gasteiger partial charge in [0.1, 0.15) is 5.75 Å². The SMILES string of the molecule is O=C(N[C@@H]1CCOC[C@@H]1C1CCOCC1)c1cccc(OC(F)F)c1. The van der Waals surface area contributed by atoms with Gasteiger partial charge in [0.2, 0.25) is 0 Å². The molecule has 25 heavy (non-hydrogen) atoms. The number of amides is 1. The van der Waals surface area contributed by atoms with Crippen molar-refractivity contribution in [1.29, 1.82) is 0 Å². The van der Waals surface area contributed by atoms with Gasteiger partial charge in [0, 0.05) is 37.3 Å². The van der Waals surface area contributed by atoms with Crippen molar-refractivity contribution in [3.8, 4) is 5.75 Å². The molecule has 1 aromatic carbocycles. The molecule has 0 radical (unpaired) electrons. The van der Waals surface area contributed by atoms with Gasteiger partial charge in [-0.3, -0.25) is 4.79 Å². The number of ether oxygens (including phenoxy) is 3. The molecule has 0 bridgehead atoms. The van der Waals surface area contributed by atoms with Gasteiger partial charge in [-0.15, -0.1) is 0 Å². The van der Waals surface area contributed by atoms with Gasteiger partial charge in [0.05, 0.1) is 6.61 Å². The maximum Gasteiger partial charge on any atom is 0.387 e. The van der Waals surface area contributed by atoms with E-state index in [1.165, 1.54) is 18.2 Å². The van der Waals surface area contributed by atoms with Crippen molar-refractivity contribution in [2.24, 2.45) is 11.8 Å². The van der Waals surface area contributed by atoms with Crippen LogP contribution in [0.15, 0.2) is 24.3 Å². The summed E-state index contributed by atoms with van der Waals surface area (Å²) in [6, 6.07) is 5.89. The van der Waals surface area contributed by atoms with E-state index in [0.29, 0.717) is 24.7 Å². The fourth-order valence-corrected chi connectivity index (χ4v) is 3.61. The molecule has 2 atom stereocenters. The molecule has 3 rings (SSSR count). The van der Waals surface area contributed by atoms with Crippen molar-refractivity contribution in [3.05, 3.63) is 29.8 Å². The molecule has 7 heteroatoms. The average Bonchev–Trinajstić information content (AvgIpc) is 2.62. The summed E-state index contributed by atoms with van der Waals surface area (Å²) in [6.07, 6.45) is 2.69. The lowest BCUT2D eigenvalue weighted by Gasteiger charge is -2.39. The van der Waals surface area contributed by atoms with Crippen molar-refractivity contribution in [3.63, 3.8) is 0 Å². The highest BCUT2D eigenvalue weighted by Gasteiger charge is 2.34. The lowest BCUT2D eigenvalue weighted by Crippen LogP contribution is -2.49. The number of rotatable bonds is 5. The van der Waals surface area contributed by atoms with Crippen LogP contribution in [-0.2, 0) is 9.47 Å². The minimum Gasteiger partial charge on any atom is -0.435 e. The topological polar surface area (TPSA) is 56.8 Å². The Morgan fingerprint density at radius 2 is 1.92 bits per heavy atom. The Hall–Kier alpha value is -1.73. The second kappa shape index (κ2) is 8.58. The number of halogens is 2. The molecule has 1 amide bonds. The van der Waals surface area contributed by atoms with Crippen LogP contribution in [0.4, 0.5) is 8.78 Å². The molecule has 2 saturated heterocycles. The van der Waals surface area contributed by atoms with E-state index in [0.717, 1.165) is 32.5 Å². The Kier molecular flexibility index (Phi) is 6.20. The van der Waals surface area contributed by atoms with E-state index in [-0.39, 0.29) is 23.6 Å². The summed E-state index contributed by atoms with van der Waals surface area (Å²) >= 11 is 0. The molecule has 2 fully saturated rings. The Balaban J connectivity index is 1.65. The second-order valence-electron chi connectivity index (χ2n) is 6.46. The summed E-state index contributed by atoms with van der Waals surface area (Å²) in [6.45, 7) is -0.181. The molecule has 2 aliphatic heterocycles. The molecule has 138 valence electrons. The van der Waals surface area contributed by atoms with Crippen LogP contribution < -0.4 is 10.1 Å². The van der Waals surface area contributed by atoms with Gasteiger partial charge in [-0.05, 0) is 43.4 Å². The number of nitrogens with one attached hydrogen (secondary N) is 1. The van der Waals surface area contributed by atoms with E-state index in [1.54, 1.807) is 6.07 Å². The van der Waals surface area contributed by atoms with Crippen LogP contribution in [0.1, 0.15) is 29.6 Å². The quantitative estimate of drug-likeness (QED) is 0.882. The molecule has 0 spiro atoms. The van der Waals surface area contributed by atoms with E-state index in [9.17, 15) is 13.6 Å². The molecule has 2 aliphatic rings. The third-order valence-corrected chi connectivity index (χ3v) is 4.91. The van der Waals surface area contributed by atoms with Crippen LogP contribution >= 0.6 is 0 Å². The average molecular weight is 355 g/mol. The highest BCUT2D eigenvalue weighted by atomic mass is 19.3. The Labute approximate surface area is 145 Å². The van der Waals surface area contributed by atoms with E-state index < -0.39 is 6.61 Å². The van der Waals surface area contributed by atoms with Gasteiger partial charge in [-0.2, -0.15) is 8.78 Å².